The SMILES string of the molecule is CCc1ccc2c(c1)C1C(C2)NCCN1C. The lowest BCUT2D eigenvalue weighted by Gasteiger charge is -2.36. The zero-order valence-corrected chi connectivity index (χ0v) is 10.2. The first kappa shape index (κ1) is 10.3. The Kier molecular flexibility index (Phi) is 2.49. The van der Waals surface area contributed by atoms with E-state index >= 15 is 0 Å². The van der Waals surface area contributed by atoms with E-state index in [0.717, 1.165) is 19.5 Å². The van der Waals surface area contributed by atoms with Crippen molar-refractivity contribution in [2.75, 3.05) is 20.1 Å². The smallest absolute Gasteiger partial charge is 0.0505 e. The van der Waals surface area contributed by atoms with Crippen molar-refractivity contribution in [3.05, 3.63) is 34.9 Å². The van der Waals surface area contributed by atoms with Crippen LogP contribution in [-0.4, -0.2) is 31.1 Å². The molecule has 0 spiro atoms. The van der Waals surface area contributed by atoms with Crippen molar-refractivity contribution in [3.63, 3.8) is 0 Å². The third-order valence-electron chi connectivity index (χ3n) is 4.10. The van der Waals surface area contributed by atoms with Crippen LogP contribution in [0.1, 0.15) is 29.7 Å². The summed E-state index contributed by atoms with van der Waals surface area (Å²) in [7, 11) is 2.26. The van der Waals surface area contributed by atoms with Crippen molar-refractivity contribution in [3.8, 4) is 0 Å². The molecule has 2 heteroatoms. The average molecular weight is 216 g/mol. The van der Waals surface area contributed by atoms with Gasteiger partial charge >= 0.3 is 0 Å². The Hall–Kier alpha value is -0.860. The molecule has 2 aliphatic rings. The topological polar surface area (TPSA) is 15.3 Å². The first-order chi connectivity index (χ1) is 7.79. The lowest BCUT2D eigenvalue weighted by atomic mass is 10.0. The molecule has 0 aromatic heterocycles. The van der Waals surface area contributed by atoms with Crippen molar-refractivity contribution in [1.29, 1.82) is 0 Å². The Morgan fingerprint density at radius 2 is 2.31 bits per heavy atom. The van der Waals surface area contributed by atoms with E-state index in [0.29, 0.717) is 12.1 Å². The highest BCUT2D eigenvalue weighted by molar-refractivity contribution is 5.40. The first-order valence-electron chi connectivity index (χ1n) is 6.35. The minimum atomic E-state index is 0.607. The monoisotopic (exact) mass is 216 g/mol. The Morgan fingerprint density at radius 1 is 1.44 bits per heavy atom. The van der Waals surface area contributed by atoms with Gasteiger partial charge in [-0.3, -0.25) is 4.90 Å². The Morgan fingerprint density at radius 3 is 3.12 bits per heavy atom. The van der Waals surface area contributed by atoms with Crippen molar-refractivity contribution >= 4 is 0 Å². The summed E-state index contributed by atoms with van der Waals surface area (Å²) in [5.41, 5.74) is 4.59. The van der Waals surface area contributed by atoms with Gasteiger partial charge < -0.3 is 5.32 Å². The molecule has 0 amide bonds. The van der Waals surface area contributed by atoms with E-state index in [1.165, 1.54) is 12.0 Å². The average Bonchev–Trinajstić information content (AvgIpc) is 2.67. The lowest BCUT2D eigenvalue weighted by Crippen LogP contribution is -2.49. The second-order valence-electron chi connectivity index (χ2n) is 5.08. The Bertz CT molecular complexity index is 400. The maximum atomic E-state index is 3.65. The molecule has 1 aliphatic carbocycles. The minimum absolute atomic E-state index is 0.607. The number of piperazine rings is 1. The van der Waals surface area contributed by atoms with Crippen LogP contribution in [0.5, 0.6) is 0 Å². The largest absolute Gasteiger partial charge is 0.310 e. The van der Waals surface area contributed by atoms with Crippen LogP contribution in [0.15, 0.2) is 18.2 Å². The van der Waals surface area contributed by atoms with Gasteiger partial charge in [-0.05, 0) is 36.6 Å². The second-order valence-corrected chi connectivity index (χ2v) is 5.08. The zero-order valence-electron chi connectivity index (χ0n) is 10.2. The summed E-state index contributed by atoms with van der Waals surface area (Å²) in [6.07, 6.45) is 2.34. The van der Waals surface area contributed by atoms with Crippen molar-refractivity contribution in [1.82, 2.24) is 10.2 Å². The fourth-order valence-electron chi connectivity index (χ4n) is 3.18. The van der Waals surface area contributed by atoms with Gasteiger partial charge in [0, 0.05) is 19.1 Å². The number of nitrogens with zero attached hydrogens (tertiary/aromatic N) is 1. The van der Waals surface area contributed by atoms with Gasteiger partial charge in [0.1, 0.15) is 0 Å². The van der Waals surface area contributed by atoms with Gasteiger partial charge in [-0.2, -0.15) is 0 Å². The van der Waals surface area contributed by atoms with Crippen LogP contribution in [0.4, 0.5) is 0 Å². The third-order valence-corrected chi connectivity index (χ3v) is 4.10. The molecule has 16 heavy (non-hydrogen) atoms. The number of aryl methyl sites for hydroxylation is 1. The molecule has 1 saturated heterocycles. The predicted molar refractivity (Wildman–Crippen MR) is 66.7 cm³/mol. The molecule has 3 rings (SSSR count). The van der Waals surface area contributed by atoms with Crippen molar-refractivity contribution < 1.29 is 0 Å². The van der Waals surface area contributed by atoms with Crippen LogP contribution in [0.2, 0.25) is 0 Å². The van der Waals surface area contributed by atoms with E-state index in [2.05, 4.69) is 42.4 Å². The number of hydrogen-bond acceptors (Lipinski definition) is 2. The summed E-state index contributed by atoms with van der Waals surface area (Å²) < 4.78 is 0. The fraction of sp³-hybridized carbons (Fsp3) is 0.571. The number of hydrogen-bond donors (Lipinski definition) is 1. The fourth-order valence-corrected chi connectivity index (χ4v) is 3.18. The number of fused-ring (bicyclic) bond motifs is 3. The molecular formula is C14H20N2. The normalized spacial score (nSPS) is 28.9. The number of likely N-dealkylation sites (N-methyl/N-ethyl adjacent to an activating group) is 1. The van der Waals surface area contributed by atoms with Crippen molar-refractivity contribution in [2.24, 2.45) is 0 Å². The van der Waals surface area contributed by atoms with Crippen LogP contribution in [-0.2, 0) is 12.8 Å². The molecule has 1 aromatic rings. The molecule has 0 bridgehead atoms. The van der Waals surface area contributed by atoms with Gasteiger partial charge in [-0.1, -0.05) is 25.1 Å². The first-order valence-corrected chi connectivity index (χ1v) is 6.35. The number of nitrogens with one attached hydrogen (secondary N) is 1. The Balaban J connectivity index is 2.01. The molecule has 1 fully saturated rings. The summed E-state index contributed by atoms with van der Waals surface area (Å²) in [6, 6.07) is 8.29. The van der Waals surface area contributed by atoms with Gasteiger partial charge in [0.2, 0.25) is 0 Å². The van der Waals surface area contributed by atoms with Crippen LogP contribution < -0.4 is 5.32 Å². The summed E-state index contributed by atoms with van der Waals surface area (Å²) in [5, 5.41) is 3.65. The van der Waals surface area contributed by atoms with Crippen LogP contribution >= 0.6 is 0 Å². The lowest BCUT2D eigenvalue weighted by molar-refractivity contribution is 0.164. The molecule has 2 unspecified atom stereocenters. The van der Waals surface area contributed by atoms with Gasteiger partial charge in [-0.15, -0.1) is 0 Å². The van der Waals surface area contributed by atoms with E-state index in [4.69, 9.17) is 0 Å². The van der Waals surface area contributed by atoms with Crippen LogP contribution in [0.25, 0.3) is 0 Å². The van der Waals surface area contributed by atoms with E-state index in [1.807, 2.05) is 0 Å². The van der Waals surface area contributed by atoms with E-state index in [9.17, 15) is 0 Å². The zero-order chi connectivity index (χ0) is 11.1. The molecule has 86 valence electrons. The highest BCUT2D eigenvalue weighted by Gasteiger charge is 2.37. The minimum Gasteiger partial charge on any atom is -0.310 e. The summed E-state index contributed by atoms with van der Waals surface area (Å²) >= 11 is 0. The molecule has 1 heterocycles. The third kappa shape index (κ3) is 1.48. The van der Waals surface area contributed by atoms with E-state index in [1.54, 1.807) is 11.1 Å². The number of benzene rings is 1. The molecule has 0 radical (unpaired) electrons. The van der Waals surface area contributed by atoms with Gasteiger partial charge in [0.25, 0.3) is 0 Å². The maximum absolute atomic E-state index is 3.65. The number of rotatable bonds is 1. The second kappa shape index (κ2) is 3.86. The Labute approximate surface area is 97.6 Å². The molecule has 2 nitrogen and oxygen atoms in total. The van der Waals surface area contributed by atoms with Gasteiger partial charge in [0.15, 0.2) is 0 Å². The molecule has 1 aromatic carbocycles. The van der Waals surface area contributed by atoms with Crippen molar-refractivity contribution in [2.45, 2.75) is 31.8 Å². The maximum Gasteiger partial charge on any atom is 0.0505 e. The highest BCUT2D eigenvalue weighted by atomic mass is 15.2. The predicted octanol–water partition coefficient (Wildman–Crippen LogP) is 1.75. The quantitative estimate of drug-likeness (QED) is 0.769. The van der Waals surface area contributed by atoms with Crippen LogP contribution in [0, 0.1) is 0 Å². The summed E-state index contributed by atoms with van der Waals surface area (Å²) in [4.78, 5) is 2.51. The van der Waals surface area contributed by atoms with E-state index < -0.39 is 0 Å². The highest BCUT2D eigenvalue weighted by Crippen LogP contribution is 2.37. The molecule has 1 N–H and O–H groups in total. The standard InChI is InChI=1S/C14H20N2/c1-3-10-4-5-11-9-13-14(12(11)8-10)16(2)7-6-15-13/h4-5,8,13-15H,3,6-7,9H2,1-2H3. The molecular weight excluding hydrogens is 196 g/mol. The molecule has 0 saturated carbocycles. The summed E-state index contributed by atoms with van der Waals surface area (Å²) in [5.74, 6) is 0. The van der Waals surface area contributed by atoms with Gasteiger partial charge in [-0.25, -0.2) is 0 Å². The molecule has 1 aliphatic heterocycles. The molecule has 2 atom stereocenters. The van der Waals surface area contributed by atoms with E-state index in [-0.39, 0.29) is 0 Å². The van der Waals surface area contributed by atoms with Gasteiger partial charge in [0.05, 0.1) is 6.04 Å². The summed E-state index contributed by atoms with van der Waals surface area (Å²) in [6.45, 7) is 4.53. The van der Waals surface area contributed by atoms with Crippen LogP contribution in [0.3, 0.4) is 0 Å².